The molecular formula is C23H28N2O3. The van der Waals surface area contributed by atoms with Crippen LogP contribution in [0.5, 0.6) is 0 Å². The summed E-state index contributed by atoms with van der Waals surface area (Å²) in [6.45, 7) is 9.85. The van der Waals surface area contributed by atoms with E-state index < -0.39 is 0 Å². The first kappa shape index (κ1) is 18.8. The van der Waals surface area contributed by atoms with E-state index in [9.17, 15) is 9.59 Å². The minimum atomic E-state index is -0.346. The van der Waals surface area contributed by atoms with Gasteiger partial charge in [0, 0.05) is 36.2 Å². The second kappa shape index (κ2) is 6.50. The topological polar surface area (TPSA) is 62.4 Å². The summed E-state index contributed by atoms with van der Waals surface area (Å²) in [4.78, 5) is 30.8. The van der Waals surface area contributed by atoms with Crippen molar-refractivity contribution in [2.24, 2.45) is 17.3 Å². The molecule has 2 heterocycles. The number of hydrogen-bond acceptors (Lipinski definition) is 3. The highest BCUT2D eigenvalue weighted by Crippen LogP contribution is 2.60. The molecule has 1 amide bonds. The Morgan fingerprint density at radius 3 is 2.71 bits per heavy atom. The number of aromatic nitrogens is 1. The van der Waals surface area contributed by atoms with E-state index >= 15 is 0 Å². The number of nitrogens with one attached hydrogen (secondary N) is 1. The van der Waals surface area contributed by atoms with Gasteiger partial charge < -0.3 is 14.6 Å². The number of carbonyl (C=O) groups excluding carboxylic acids is 2. The number of allylic oxidation sites excluding steroid dienone is 2. The van der Waals surface area contributed by atoms with Crippen molar-refractivity contribution in [3.05, 3.63) is 46.7 Å². The highest BCUT2D eigenvalue weighted by molar-refractivity contribution is 6.04. The molecular weight excluding hydrogens is 352 g/mol. The monoisotopic (exact) mass is 380 g/mol. The summed E-state index contributed by atoms with van der Waals surface area (Å²) >= 11 is 0. The van der Waals surface area contributed by atoms with Crippen LogP contribution in [0.15, 0.2) is 29.8 Å². The van der Waals surface area contributed by atoms with Gasteiger partial charge in [-0.2, -0.15) is 0 Å². The number of rotatable bonds is 3. The Balaban J connectivity index is 1.63. The van der Waals surface area contributed by atoms with Crippen LogP contribution in [0.4, 0.5) is 0 Å². The van der Waals surface area contributed by atoms with E-state index in [-0.39, 0.29) is 23.2 Å². The van der Waals surface area contributed by atoms with Gasteiger partial charge >= 0.3 is 5.97 Å². The molecule has 28 heavy (non-hydrogen) atoms. The maximum atomic E-state index is 13.3. The molecule has 1 N–H and O–H groups in total. The molecule has 2 aliphatic rings. The number of amides is 1. The van der Waals surface area contributed by atoms with Crippen LogP contribution in [-0.2, 0) is 22.5 Å². The third-order valence-electron chi connectivity index (χ3n) is 6.42. The molecule has 5 heteroatoms. The van der Waals surface area contributed by atoms with Crippen molar-refractivity contribution in [1.82, 2.24) is 9.88 Å². The number of benzene rings is 1. The van der Waals surface area contributed by atoms with Crippen LogP contribution < -0.4 is 0 Å². The number of ether oxygens (including phenoxy) is 1. The fourth-order valence-corrected chi connectivity index (χ4v) is 4.72. The van der Waals surface area contributed by atoms with Crippen molar-refractivity contribution >= 4 is 22.8 Å². The molecule has 0 radical (unpaired) electrons. The fraction of sp³-hybridized carbons (Fsp3) is 0.478. The normalized spacial score (nSPS) is 22.5. The van der Waals surface area contributed by atoms with Gasteiger partial charge in [0.25, 0.3) is 0 Å². The molecule has 1 fully saturated rings. The lowest BCUT2D eigenvalue weighted by atomic mass is 10.0. The molecule has 1 aliphatic carbocycles. The summed E-state index contributed by atoms with van der Waals surface area (Å²) < 4.78 is 4.91. The lowest BCUT2D eigenvalue weighted by molar-refractivity contribution is -0.134. The number of carbonyl (C=O) groups is 2. The minimum Gasteiger partial charge on any atom is -0.465 e. The van der Waals surface area contributed by atoms with Crippen molar-refractivity contribution in [3.63, 3.8) is 0 Å². The SMILES string of the molecule is COC(=O)c1cccc2c3c([nH]c12)CCN(C(=O)[C@@H]1[C@@H](C=C(C)C)C1(C)C)C3. The molecule has 0 spiro atoms. The maximum Gasteiger partial charge on any atom is 0.339 e. The first-order chi connectivity index (χ1) is 13.3. The molecule has 5 nitrogen and oxygen atoms in total. The zero-order valence-electron chi connectivity index (χ0n) is 17.3. The van der Waals surface area contributed by atoms with E-state index in [0.717, 1.165) is 28.6 Å². The molecule has 148 valence electrons. The number of para-hydroxylation sites is 1. The number of methoxy groups -OCH3 is 1. The Kier molecular flexibility index (Phi) is 4.36. The number of esters is 1. The average molecular weight is 380 g/mol. The molecule has 0 saturated heterocycles. The third kappa shape index (κ3) is 2.84. The summed E-state index contributed by atoms with van der Waals surface area (Å²) in [5, 5.41) is 1.01. The van der Waals surface area contributed by atoms with Crippen molar-refractivity contribution in [2.75, 3.05) is 13.7 Å². The molecule has 1 saturated carbocycles. The van der Waals surface area contributed by atoms with Gasteiger partial charge in [-0.3, -0.25) is 4.79 Å². The van der Waals surface area contributed by atoms with Gasteiger partial charge in [0.2, 0.25) is 5.91 Å². The van der Waals surface area contributed by atoms with Gasteiger partial charge in [0.05, 0.1) is 24.1 Å². The zero-order chi connectivity index (χ0) is 20.2. The molecule has 1 aromatic heterocycles. The summed E-state index contributed by atoms with van der Waals surface area (Å²) in [7, 11) is 1.39. The molecule has 1 aliphatic heterocycles. The first-order valence-corrected chi connectivity index (χ1v) is 9.90. The van der Waals surface area contributed by atoms with Crippen LogP contribution in [-0.4, -0.2) is 35.4 Å². The Hall–Kier alpha value is -2.56. The van der Waals surface area contributed by atoms with Crippen LogP contribution in [0.2, 0.25) is 0 Å². The highest BCUT2D eigenvalue weighted by Gasteiger charge is 2.61. The second-order valence-electron chi connectivity index (χ2n) is 8.88. The summed E-state index contributed by atoms with van der Waals surface area (Å²) in [5.74, 6) is 0.276. The number of fused-ring (bicyclic) bond motifs is 3. The van der Waals surface area contributed by atoms with Gasteiger partial charge in [-0.05, 0) is 31.2 Å². The quantitative estimate of drug-likeness (QED) is 0.645. The summed E-state index contributed by atoms with van der Waals surface area (Å²) in [6, 6.07) is 5.66. The summed E-state index contributed by atoms with van der Waals surface area (Å²) in [5.41, 5.74) is 4.87. The maximum absolute atomic E-state index is 13.3. The van der Waals surface area contributed by atoms with Gasteiger partial charge in [-0.25, -0.2) is 4.79 Å². The van der Waals surface area contributed by atoms with Crippen LogP contribution in [0, 0.1) is 17.3 Å². The van der Waals surface area contributed by atoms with Crippen molar-refractivity contribution in [1.29, 1.82) is 0 Å². The molecule has 2 aromatic rings. The zero-order valence-corrected chi connectivity index (χ0v) is 17.3. The lowest BCUT2D eigenvalue weighted by Gasteiger charge is -2.28. The van der Waals surface area contributed by atoms with E-state index in [1.807, 2.05) is 17.0 Å². The van der Waals surface area contributed by atoms with E-state index in [1.54, 1.807) is 6.07 Å². The number of H-pyrrole nitrogens is 1. The van der Waals surface area contributed by atoms with Gasteiger partial charge in [0.1, 0.15) is 0 Å². The standard InChI is InChI=1S/C23H28N2O3/c1-13(2)11-17-19(23(17,3)4)21(26)25-10-9-18-16(12-25)14-7-6-8-15(20(14)24-18)22(27)28-5/h6-8,11,17,19,24H,9-10,12H2,1-5H3/t17-,19+/m1/s1. The first-order valence-electron chi connectivity index (χ1n) is 9.90. The summed E-state index contributed by atoms with van der Waals surface area (Å²) in [6.07, 6.45) is 3.02. The predicted octanol–water partition coefficient (Wildman–Crippen LogP) is 4.08. The van der Waals surface area contributed by atoms with Crippen LogP contribution in [0.3, 0.4) is 0 Å². The van der Waals surface area contributed by atoms with Gasteiger partial charge in [0.15, 0.2) is 0 Å². The smallest absolute Gasteiger partial charge is 0.339 e. The van der Waals surface area contributed by atoms with E-state index in [1.165, 1.54) is 12.7 Å². The van der Waals surface area contributed by atoms with E-state index in [0.29, 0.717) is 24.6 Å². The molecule has 0 bridgehead atoms. The van der Waals surface area contributed by atoms with Gasteiger partial charge in [-0.1, -0.05) is 37.6 Å². The van der Waals surface area contributed by atoms with Gasteiger partial charge in [-0.15, -0.1) is 0 Å². The van der Waals surface area contributed by atoms with E-state index in [2.05, 4.69) is 38.8 Å². The number of aromatic amines is 1. The number of hydrogen-bond donors (Lipinski definition) is 1. The fourth-order valence-electron chi connectivity index (χ4n) is 4.72. The highest BCUT2D eigenvalue weighted by atomic mass is 16.5. The predicted molar refractivity (Wildman–Crippen MR) is 109 cm³/mol. The van der Waals surface area contributed by atoms with Crippen LogP contribution in [0.1, 0.15) is 49.3 Å². The molecule has 2 atom stereocenters. The van der Waals surface area contributed by atoms with Crippen molar-refractivity contribution < 1.29 is 14.3 Å². The van der Waals surface area contributed by atoms with Crippen LogP contribution in [0.25, 0.3) is 10.9 Å². The third-order valence-corrected chi connectivity index (χ3v) is 6.42. The molecule has 0 unspecified atom stereocenters. The van der Waals surface area contributed by atoms with Crippen molar-refractivity contribution in [3.8, 4) is 0 Å². The second-order valence-corrected chi connectivity index (χ2v) is 8.88. The largest absolute Gasteiger partial charge is 0.465 e. The van der Waals surface area contributed by atoms with Crippen molar-refractivity contribution in [2.45, 2.75) is 40.7 Å². The van der Waals surface area contributed by atoms with Crippen LogP contribution >= 0.6 is 0 Å². The Bertz CT molecular complexity index is 995. The molecule has 4 rings (SSSR count). The minimum absolute atomic E-state index is 0.0207. The number of nitrogens with zero attached hydrogens (tertiary/aromatic N) is 1. The van der Waals surface area contributed by atoms with E-state index in [4.69, 9.17) is 4.74 Å². The average Bonchev–Trinajstić information content (AvgIpc) is 3.00. The Morgan fingerprint density at radius 2 is 2.04 bits per heavy atom. The molecule has 1 aromatic carbocycles. The Morgan fingerprint density at radius 1 is 1.29 bits per heavy atom. The lowest BCUT2D eigenvalue weighted by Crippen LogP contribution is -2.37. The Labute approximate surface area is 165 Å².